The van der Waals surface area contributed by atoms with E-state index >= 15 is 0 Å². The molecule has 28 heavy (non-hydrogen) atoms. The fraction of sp³-hybridized carbons (Fsp3) is 0.316. The first-order valence-corrected chi connectivity index (χ1v) is 8.87. The lowest BCUT2D eigenvalue weighted by atomic mass is 10.2. The highest BCUT2D eigenvalue weighted by atomic mass is 16.6. The second-order valence-electron chi connectivity index (χ2n) is 6.69. The fourth-order valence-corrected chi connectivity index (χ4v) is 2.99. The molecule has 0 aliphatic heterocycles. The molecule has 2 heterocycles. The number of hydrogen-bond acceptors (Lipinski definition) is 5. The number of carbonyl (C=O) groups is 1. The summed E-state index contributed by atoms with van der Waals surface area (Å²) in [6.45, 7) is 7.51. The van der Waals surface area contributed by atoms with Gasteiger partial charge in [0, 0.05) is 0 Å². The second kappa shape index (κ2) is 7.63. The average Bonchev–Trinajstić information content (AvgIpc) is 3.17. The highest BCUT2D eigenvalue weighted by Gasteiger charge is 2.24. The first-order chi connectivity index (χ1) is 13.3. The van der Waals surface area contributed by atoms with E-state index in [0.717, 1.165) is 11.3 Å². The van der Waals surface area contributed by atoms with Crippen molar-refractivity contribution < 1.29 is 9.72 Å². The molecule has 3 rings (SSSR count). The molecule has 0 aliphatic carbocycles. The van der Waals surface area contributed by atoms with Crippen LogP contribution in [-0.2, 0) is 11.3 Å². The summed E-state index contributed by atoms with van der Waals surface area (Å²) in [5.41, 5.74) is 3.46. The zero-order chi connectivity index (χ0) is 20.4. The van der Waals surface area contributed by atoms with E-state index in [1.807, 2.05) is 48.9 Å². The van der Waals surface area contributed by atoms with Gasteiger partial charge in [-0.2, -0.15) is 10.2 Å². The molecule has 3 aromatic rings. The molecule has 1 amide bonds. The molecular weight excluding hydrogens is 360 g/mol. The fourth-order valence-electron chi connectivity index (χ4n) is 2.99. The highest BCUT2D eigenvalue weighted by molar-refractivity contribution is 5.94. The summed E-state index contributed by atoms with van der Waals surface area (Å²) in [7, 11) is 0. The van der Waals surface area contributed by atoms with Crippen LogP contribution in [0.3, 0.4) is 0 Å². The molecule has 2 aromatic heterocycles. The number of nitrogens with zero attached hydrogens (tertiary/aromatic N) is 5. The maximum absolute atomic E-state index is 12.7. The third-order valence-electron chi connectivity index (χ3n) is 4.67. The number of rotatable bonds is 6. The molecule has 0 spiro atoms. The van der Waals surface area contributed by atoms with Crippen LogP contribution in [-0.4, -0.2) is 30.4 Å². The molecule has 0 fully saturated rings. The van der Waals surface area contributed by atoms with Crippen molar-refractivity contribution in [1.29, 1.82) is 0 Å². The van der Waals surface area contributed by atoms with Crippen LogP contribution in [0.25, 0.3) is 0 Å². The summed E-state index contributed by atoms with van der Waals surface area (Å²) in [6.07, 6.45) is 1.28. The number of carbonyl (C=O) groups excluding carboxylic acids is 1. The molecule has 0 aliphatic rings. The quantitative estimate of drug-likeness (QED) is 0.520. The minimum Gasteiger partial charge on any atom is -0.321 e. The van der Waals surface area contributed by atoms with E-state index in [1.165, 1.54) is 10.9 Å². The van der Waals surface area contributed by atoms with Gasteiger partial charge in [0.05, 0.1) is 28.5 Å². The number of amides is 1. The molecule has 146 valence electrons. The number of nitrogens with one attached hydrogen (secondary N) is 1. The third-order valence-corrected chi connectivity index (χ3v) is 4.67. The Morgan fingerprint density at radius 2 is 1.86 bits per heavy atom. The van der Waals surface area contributed by atoms with E-state index in [-0.39, 0.29) is 17.3 Å². The number of nitro groups is 1. The lowest BCUT2D eigenvalue weighted by molar-refractivity contribution is -0.385. The van der Waals surface area contributed by atoms with Gasteiger partial charge in [-0.05, 0) is 33.3 Å². The predicted octanol–water partition coefficient (Wildman–Crippen LogP) is 3.16. The Bertz CT molecular complexity index is 1020. The summed E-state index contributed by atoms with van der Waals surface area (Å²) >= 11 is 0. The van der Waals surface area contributed by atoms with Crippen LogP contribution in [0, 0.1) is 30.9 Å². The molecule has 0 radical (unpaired) electrons. The Balaban J connectivity index is 1.78. The largest absolute Gasteiger partial charge is 0.321 e. The van der Waals surface area contributed by atoms with Gasteiger partial charge in [0.1, 0.15) is 17.9 Å². The summed E-state index contributed by atoms with van der Waals surface area (Å²) in [6, 6.07) is 9.23. The first-order valence-electron chi connectivity index (χ1n) is 8.87. The Labute approximate surface area is 162 Å². The van der Waals surface area contributed by atoms with Crippen molar-refractivity contribution in [3.05, 3.63) is 69.3 Å². The zero-order valence-electron chi connectivity index (χ0n) is 16.2. The van der Waals surface area contributed by atoms with Gasteiger partial charge in [0.25, 0.3) is 0 Å². The standard InChI is InChI=1S/C19H22N6O3/c1-12-17(25(27)28)11-24(21-12)15(4)19(26)20-18-13(2)22-23(14(18)3)10-16-8-6-5-7-9-16/h5-9,11,15H,10H2,1-4H3,(H,20,26). The zero-order valence-corrected chi connectivity index (χ0v) is 16.2. The van der Waals surface area contributed by atoms with Crippen molar-refractivity contribution in [3.8, 4) is 0 Å². The van der Waals surface area contributed by atoms with Gasteiger partial charge < -0.3 is 5.32 Å². The Hall–Kier alpha value is -3.49. The normalized spacial score (nSPS) is 12.0. The van der Waals surface area contributed by atoms with E-state index in [2.05, 4.69) is 15.5 Å². The summed E-state index contributed by atoms with van der Waals surface area (Å²) in [4.78, 5) is 23.2. The van der Waals surface area contributed by atoms with E-state index in [4.69, 9.17) is 0 Å². The molecule has 1 aromatic carbocycles. The maximum Gasteiger partial charge on any atom is 0.309 e. The van der Waals surface area contributed by atoms with E-state index in [1.54, 1.807) is 13.8 Å². The van der Waals surface area contributed by atoms with E-state index < -0.39 is 11.0 Å². The number of benzene rings is 1. The van der Waals surface area contributed by atoms with Crippen LogP contribution in [0.15, 0.2) is 36.5 Å². The van der Waals surface area contributed by atoms with Gasteiger partial charge in [-0.25, -0.2) is 0 Å². The van der Waals surface area contributed by atoms with Gasteiger partial charge in [-0.1, -0.05) is 30.3 Å². The Morgan fingerprint density at radius 3 is 2.46 bits per heavy atom. The number of aromatic nitrogens is 4. The third kappa shape index (κ3) is 3.78. The van der Waals surface area contributed by atoms with Crippen LogP contribution >= 0.6 is 0 Å². The lowest BCUT2D eigenvalue weighted by Gasteiger charge is -2.13. The van der Waals surface area contributed by atoms with Crippen molar-refractivity contribution in [3.63, 3.8) is 0 Å². The van der Waals surface area contributed by atoms with Gasteiger partial charge in [-0.15, -0.1) is 0 Å². The summed E-state index contributed by atoms with van der Waals surface area (Å²) < 4.78 is 3.15. The molecular formula is C19H22N6O3. The van der Waals surface area contributed by atoms with Gasteiger partial charge >= 0.3 is 5.69 Å². The number of hydrogen-bond donors (Lipinski definition) is 1. The van der Waals surface area contributed by atoms with Crippen LogP contribution in [0.4, 0.5) is 11.4 Å². The van der Waals surface area contributed by atoms with Gasteiger partial charge in [0.15, 0.2) is 0 Å². The molecule has 1 atom stereocenters. The Kier molecular flexibility index (Phi) is 5.25. The van der Waals surface area contributed by atoms with Crippen molar-refractivity contribution in [2.24, 2.45) is 0 Å². The maximum atomic E-state index is 12.7. The first kappa shape index (κ1) is 19.3. The minimum absolute atomic E-state index is 0.109. The number of anilines is 1. The summed E-state index contributed by atoms with van der Waals surface area (Å²) in [5, 5.41) is 22.5. The molecule has 1 unspecified atom stereocenters. The lowest BCUT2D eigenvalue weighted by Crippen LogP contribution is -2.24. The van der Waals surface area contributed by atoms with Crippen molar-refractivity contribution in [2.75, 3.05) is 5.32 Å². The molecule has 0 saturated heterocycles. The average molecular weight is 382 g/mol. The molecule has 0 saturated carbocycles. The second-order valence-corrected chi connectivity index (χ2v) is 6.69. The predicted molar refractivity (Wildman–Crippen MR) is 104 cm³/mol. The molecule has 9 heteroatoms. The van der Waals surface area contributed by atoms with Crippen molar-refractivity contribution in [2.45, 2.75) is 40.3 Å². The van der Waals surface area contributed by atoms with Crippen molar-refractivity contribution >= 4 is 17.3 Å². The topological polar surface area (TPSA) is 108 Å². The smallest absolute Gasteiger partial charge is 0.309 e. The van der Waals surface area contributed by atoms with Crippen molar-refractivity contribution in [1.82, 2.24) is 19.6 Å². The molecule has 1 N–H and O–H groups in total. The van der Waals surface area contributed by atoms with Crippen LogP contribution in [0.1, 0.15) is 35.6 Å². The monoisotopic (exact) mass is 382 g/mol. The van der Waals surface area contributed by atoms with E-state index in [9.17, 15) is 14.9 Å². The number of aryl methyl sites for hydroxylation is 2. The Morgan fingerprint density at radius 1 is 1.18 bits per heavy atom. The SMILES string of the molecule is Cc1nn(C(C)C(=O)Nc2c(C)nn(Cc3ccccc3)c2C)cc1[N+](=O)[O-]. The molecule has 0 bridgehead atoms. The summed E-state index contributed by atoms with van der Waals surface area (Å²) in [5.74, 6) is -0.317. The van der Waals surface area contributed by atoms with Crippen LogP contribution < -0.4 is 5.32 Å². The minimum atomic E-state index is -0.705. The van der Waals surface area contributed by atoms with Crippen LogP contribution in [0.2, 0.25) is 0 Å². The van der Waals surface area contributed by atoms with Gasteiger partial charge in [0.2, 0.25) is 5.91 Å². The molecule has 9 nitrogen and oxygen atoms in total. The highest BCUT2D eigenvalue weighted by Crippen LogP contribution is 2.23. The van der Waals surface area contributed by atoms with Crippen LogP contribution in [0.5, 0.6) is 0 Å². The van der Waals surface area contributed by atoms with E-state index in [0.29, 0.717) is 17.9 Å². The van der Waals surface area contributed by atoms with Gasteiger partial charge in [-0.3, -0.25) is 24.3 Å².